The quantitative estimate of drug-likeness (QED) is 0.183. The summed E-state index contributed by atoms with van der Waals surface area (Å²) in [6.07, 6.45) is 15.9. The van der Waals surface area contributed by atoms with Crippen LogP contribution in [-0.4, -0.2) is 4.70 Å². The molecule has 2 aromatic rings. The van der Waals surface area contributed by atoms with E-state index in [0.29, 0.717) is 0 Å². The Balaban J connectivity index is 1.76. The second-order valence-electron chi connectivity index (χ2n) is 10.2. The maximum Gasteiger partial charge on any atom is 0.211 e. The Morgan fingerprint density at radius 2 is 1.00 bits per heavy atom. The Morgan fingerprint density at radius 1 is 0.543 bits per heavy atom. The van der Waals surface area contributed by atoms with Gasteiger partial charge in [-0.15, -0.1) is 0 Å². The molecule has 2 nitrogen and oxygen atoms in total. The largest absolute Gasteiger partial charge is 0.493 e. The molecule has 2 aromatic carbocycles. The summed E-state index contributed by atoms with van der Waals surface area (Å²) in [5.41, 5.74) is 20.8. The number of aryl methyl sites for hydroxylation is 2. The van der Waals surface area contributed by atoms with Crippen molar-refractivity contribution in [3.63, 3.8) is 0 Å². The highest BCUT2D eigenvalue weighted by Crippen LogP contribution is 2.42. The van der Waals surface area contributed by atoms with Gasteiger partial charge in [-0.1, -0.05) is 90.0 Å². The minimum atomic E-state index is 0.937. The van der Waals surface area contributed by atoms with Crippen molar-refractivity contribution in [1.29, 1.82) is 0 Å². The van der Waals surface area contributed by atoms with Crippen LogP contribution in [0.15, 0.2) is 59.7 Å². The van der Waals surface area contributed by atoms with Crippen LogP contribution in [0.5, 0.6) is 0 Å². The van der Waals surface area contributed by atoms with E-state index in [1.54, 1.807) is 0 Å². The molecule has 3 rings (SSSR count). The molecular weight excluding hydrogens is 424 g/mol. The van der Waals surface area contributed by atoms with Crippen LogP contribution in [-0.2, 0) is 12.8 Å². The molecular formula is C33H46N2. The second-order valence-corrected chi connectivity index (χ2v) is 10.2. The summed E-state index contributed by atoms with van der Waals surface area (Å²) in [5, 5.41) is 0. The van der Waals surface area contributed by atoms with Crippen LogP contribution >= 0.6 is 0 Å². The number of benzene rings is 2. The van der Waals surface area contributed by atoms with Crippen LogP contribution in [0.2, 0.25) is 0 Å². The van der Waals surface area contributed by atoms with Crippen LogP contribution in [0.4, 0.5) is 0 Å². The molecule has 1 aliphatic rings. The second kappa shape index (κ2) is 14.2. The minimum Gasteiger partial charge on any atom is -0.493 e. The molecule has 35 heavy (non-hydrogen) atoms. The van der Waals surface area contributed by atoms with Crippen LogP contribution in [0, 0.1) is 0 Å². The zero-order valence-electron chi connectivity index (χ0n) is 22.7. The van der Waals surface area contributed by atoms with E-state index < -0.39 is 0 Å². The molecule has 0 aliphatic carbocycles. The summed E-state index contributed by atoms with van der Waals surface area (Å²) < 4.78 is 1.46. The summed E-state index contributed by atoms with van der Waals surface area (Å²) in [6.45, 7) is 8.91. The highest BCUT2D eigenvalue weighted by molar-refractivity contribution is 5.81. The number of nitrogens with zero attached hydrogens (tertiary/aromatic N) is 2. The Hall–Kier alpha value is -2.48. The van der Waals surface area contributed by atoms with Crippen molar-refractivity contribution in [2.24, 2.45) is 0 Å². The van der Waals surface area contributed by atoms with Gasteiger partial charge in [0.15, 0.2) is 0 Å². The third kappa shape index (κ3) is 7.26. The minimum absolute atomic E-state index is 0.937. The lowest BCUT2D eigenvalue weighted by molar-refractivity contribution is -0.345. The molecule has 188 valence electrons. The van der Waals surface area contributed by atoms with E-state index in [1.807, 2.05) is 0 Å². The first-order valence-electron chi connectivity index (χ1n) is 14.2. The molecule has 0 amide bonds. The highest BCUT2D eigenvalue weighted by atomic mass is 15.2. The zero-order valence-corrected chi connectivity index (χ0v) is 22.7. The van der Waals surface area contributed by atoms with Gasteiger partial charge in [-0.05, 0) is 80.8 Å². The number of allylic oxidation sites excluding steroid dienone is 2. The Labute approximate surface area is 214 Å². The molecule has 1 aliphatic heterocycles. The topological polar surface area (TPSA) is 25.3 Å². The van der Waals surface area contributed by atoms with Gasteiger partial charge in [-0.2, -0.15) is 0 Å². The summed E-state index contributed by atoms with van der Waals surface area (Å²) in [5.74, 6) is 0. The lowest BCUT2D eigenvalue weighted by Crippen LogP contribution is -2.03. The molecule has 0 radical (unpaired) electrons. The smallest absolute Gasteiger partial charge is 0.211 e. The molecule has 2 heteroatoms. The number of rotatable bonds is 15. The van der Waals surface area contributed by atoms with E-state index >= 15 is 0 Å². The molecule has 0 N–H and O–H groups in total. The summed E-state index contributed by atoms with van der Waals surface area (Å²) in [6, 6.07) is 17.7. The Bertz CT molecular complexity index is 1010. The molecule has 0 atom stereocenters. The van der Waals surface area contributed by atoms with Crippen LogP contribution < -0.4 is 0 Å². The predicted octanol–water partition coefficient (Wildman–Crippen LogP) is 10.3. The average Bonchev–Trinajstić information content (AvgIpc) is 3.13. The third-order valence-electron chi connectivity index (χ3n) is 7.39. The Morgan fingerprint density at radius 3 is 1.57 bits per heavy atom. The van der Waals surface area contributed by atoms with Gasteiger partial charge in [-0.25, -0.2) is 4.70 Å². The lowest BCUT2D eigenvalue weighted by atomic mass is 9.96. The molecule has 0 saturated heterocycles. The first-order chi connectivity index (χ1) is 17.1. The van der Waals surface area contributed by atoms with Crippen molar-refractivity contribution in [2.75, 3.05) is 0 Å². The lowest BCUT2D eigenvalue weighted by Gasteiger charge is -2.11. The SMILES string of the molecule is CCCCCCCCc1ccc(C2=C(C)C(CCCC)=C(c3ccc(CCCC)cc3)[N+]2=[N-])cc1. The van der Waals surface area contributed by atoms with E-state index in [2.05, 4.69) is 76.2 Å². The van der Waals surface area contributed by atoms with Crippen molar-refractivity contribution in [3.05, 3.63) is 87.5 Å². The first kappa shape index (κ1) is 27.1. The van der Waals surface area contributed by atoms with Crippen molar-refractivity contribution in [2.45, 2.75) is 111 Å². The number of hydrogen-bond acceptors (Lipinski definition) is 0. The van der Waals surface area contributed by atoms with Crippen LogP contribution in [0.3, 0.4) is 0 Å². The Kier molecular flexibility index (Phi) is 11.0. The summed E-state index contributed by atoms with van der Waals surface area (Å²) >= 11 is 0. The molecule has 1 heterocycles. The van der Waals surface area contributed by atoms with E-state index in [0.717, 1.165) is 54.6 Å². The molecule has 0 bridgehead atoms. The van der Waals surface area contributed by atoms with Gasteiger partial charge in [-0.3, -0.25) is 0 Å². The molecule has 0 fully saturated rings. The van der Waals surface area contributed by atoms with E-state index in [4.69, 9.17) is 0 Å². The standard InChI is InChI=1S/C33H46N2/c1-5-8-11-12-13-14-16-28-18-22-29(23-19-28)32-26(4)31(17-10-7-3)33(35(32)34)30-24-20-27(21-25-30)15-9-6-2/h18-25H,5-17H2,1-4H3. The van der Waals surface area contributed by atoms with Gasteiger partial charge in [0.05, 0.1) is 0 Å². The summed E-state index contributed by atoms with van der Waals surface area (Å²) in [4.78, 5) is 0. The van der Waals surface area contributed by atoms with E-state index in [9.17, 15) is 5.53 Å². The van der Waals surface area contributed by atoms with Crippen LogP contribution in [0.25, 0.3) is 16.9 Å². The maximum absolute atomic E-state index is 11.4. The van der Waals surface area contributed by atoms with Crippen molar-refractivity contribution in [1.82, 2.24) is 0 Å². The van der Waals surface area contributed by atoms with Crippen molar-refractivity contribution >= 4 is 11.4 Å². The fraction of sp³-hybridized carbons (Fsp3) is 0.515. The van der Waals surface area contributed by atoms with Gasteiger partial charge >= 0.3 is 0 Å². The fourth-order valence-corrected chi connectivity index (χ4v) is 5.16. The van der Waals surface area contributed by atoms with Gasteiger partial charge in [0, 0.05) is 22.3 Å². The van der Waals surface area contributed by atoms with Crippen LogP contribution in [0.1, 0.15) is 121 Å². The molecule has 0 aromatic heterocycles. The van der Waals surface area contributed by atoms with Gasteiger partial charge in [0.25, 0.3) is 0 Å². The molecule has 0 unspecified atom stereocenters. The maximum atomic E-state index is 11.4. The van der Waals surface area contributed by atoms with Gasteiger partial charge in [0.1, 0.15) is 0 Å². The normalized spacial score (nSPS) is 13.9. The summed E-state index contributed by atoms with van der Waals surface area (Å²) in [7, 11) is 0. The predicted molar refractivity (Wildman–Crippen MR) is 151 cm³/mol. The van der Waals surface area contributed by atoms with Gasteiger partial charge in [0.2, 0.25) is 11.4 Å². The van der Waals surface area contributed by atoms with Crippen molar-refractivity contribution < 1.29 is 4.70 Å². The van der Waals surface area contributed by atoms with Gasteiger partial charge < -0.3 is 5.53 Å². The number of unbranched alkanes of at least 4 members (excludes halogenated alkanes) is 7. The zero-order chi connectivity index (χ0) is 25.0. The van der Waals surface area contributed by atoms with E-state index in [1.165, 1.54) is 78.3 Å². The highest BCUT2D eigenvalue weighted by Gasteiger charge is 2.33. The molecule has 0 saturated carbocycles. The number of hydrogen-bond donors (Lipinski definition) is 0. The third-order valence-corrected chi connectivity index (χ3v) is 7.39. The monoisotopic (exact) mass is 470 g/mol. The van der Waals surface area contributed by atoms with Crippen molar-refractivity contribution in [3.8, 4) is 0 Å². The fourth-order valence-electron chi connectivity index (χ4n) is 5.16. The van der Waals surface area contributed by atoms with E-state index in [-0.39, 0.29) is 0 Å². The molecule has 0 spiro atoms. The average molecular weight is 471 g/mol. The first-order valence-corrected chi connectivity index (χ1v) is 14.2.